The Morgan fingerprint density at radius 3 is 2.40 bits per heavy atom. The molecule has 1 N–H and O–H groups in total. The normalized spacial score (nSPS) is 12.0. The van der Waals surface area contributed by atoms with E-state index in [2.05, 4.69) is 0 Å². The number of nitro benzene ring substituents is 1. The second-order valence-electron chi connectivity index (χ2n) is 3.84. The molecule has 1 heterocycles. The minimum atomic E-state index is -1.55. The predicted octanol–water partition coefficient (Wildman–Crippen LogP) is 2.19. The highest BCUT2D eigenvalue weighted by Gasteiger charge is 2.14. The number of rotatable bonds is 5. The van der Waals surface area contributed by atoms with Gasteiger partial charge in [0.25, 0.3) is 5.69 Å². The van der Waals surface area contributed by atoms with Gasteiger partial charge < -0.3 is 9.52 Å². The van der Waals surface area contributed by atoms with Gasteiger partial charge >= 0.3 is 5.97 Å². The molecule has 8 heteroatoms. The van der Waals surface area contributed by atoms with Gasteiger partial charge in [-0.3, -0.25) is 14.3 Å². The van der Waals surface area contributed by atoms with Crippen LogP contribution in [0.5, 0.6) is 0 Å². The summed E-state index contributed by atoms with van der Waals surface area (Å²) >= 11 is 0. The molecular formula is C12H9NO6S. The van der Waals surface area contributed by atoms with Crippen LogP contribution in [0.2, 0.25) is 0 Å². The molecule has 1 aromatic heterocycles. The van der Waals surface area contributed by atoms with Crippen molar-refractivity contribution in [2.75, 3.05) is 0 Å². The molecule has 0 radical (unpaired) electrons. The number of benzene rings is 1. The average molecular weight is 295 g/mol. The van der Waals surface area contributed by atoms with Gasteiger partial charge in [0.15, 0.2) is 5.09 Å². The Morgan fingerprint density at radius 2 is 1.90 bits per heavy atom. The monoisotopic (exact) mass is 295 g/mol. The third-order valence-electron chi connectivity index (χ3n) is 2.46. The molecule has 1 unspecified atom stereocenters. The first-order valence-electron chi connectivity index (χ1n) is 5.42. The number of aromatic carboxylic acids is 1. The molecule has 0 saturated heterocycles. The van der Waals surface area contributed by atoms with Crippen LogP contribution in [-0.2, 0) is 16.6 Å². The minimum Gasteiger partial charge on any atom is -0.475 e. The van der Waals surface area contributed by atoms with Crippen LogP contribution in [0.1, 0.15) is 16.1 Å². The van der Waals surface area contributed by atoms with Crippen molar-refractivity contribution >= 4 is 22.5 Å². The summed E-state index contributed by atoms with van der Waals surface area (Å²) in [5.74, 6) is -1.43. The summed E-state index contributed by atoms with van der Waals surface area (Å²) in [4.78, 5) is 20.6. The van der Waals surface area contributed by atoms with E-state index < -0.39 is 21.7 Å². The molecular weight excluding hydrogens is 286 g/mol. The number of nitrogens with zero attached hydrogens (tertiary/aromatic N) is 1. The highest BCUT2D eigenvalue weighted by molar-refractivity contribution is 7.84. The molecule has 1 atom stereocenters. The predicted molar refractivity (Wildman–Crippen MR) is 68.9 cm³/mol. The first kappa shape index (κ1) is 13.9. The number of non-ortho nitro benzene ring substituents is 1. The van der Waals surface area contributed by atoms with Crippen LogP contribution in [-0.4, -0.2) is 20.2 Å². The van der Waals surface area contributed by atoms with Gasteiger partial charge in [-0.1, -0.05) is 12.1 Å². The van der Waals surface area contributed by atoms with Crippen LogP contribution in [0.4, 0.5) is 5.69 Å². The van der Waals surface area contributed by atoms with Gasteiger partial charge in [0.1, 0.15) is 0 Å². The third-order valence-corrected chi connectivity index (χ3v) is 3.73. The van der Waals surface area contributed by atoms with E-state index in [1.165, 1.54) is 36.4 Å². The molecule has 2 aromatic rings. The average Bonchev–Trinajstić information content (AvgIpc) is 2.89. The number of furan rings is 1. The van der Waals surface area contributed by atoms with Crippen LogP contribution in [0.25, 0.3) is 0 Å². The summed E-state index contributed by atoms with van der Waals surface area (Å²) in [6.45, 7) is 0. The fourth-order valence-electron chi connectivity index (χ4n) is 1.49. The maximum atomic E-state index is 12.0. The first-order valence-corrected chi connectivity index (χ1v) is 6.74. The maximum absolute atomic E-state index is 12.0. The molecule has 0 amide bonds. The summed E-state index contributed by atoms with van der Waals surface area (Å²) < 4.78 is 16.9. The standard InChI is InChI=1S/C12H9NO6S/c14-12(15)10-5-6-11(19-10)20(18)7-8-1-3-9(4-2-8)13(16)17/h1-6H,7H2,(H,14,15). The van der Waals surface area contributed by atoms with Gasteiger partial charge in [-0.2, -0.15) is 0 Å². The van der Waals surface area contributed by atoms with Crippen molar-refractivity contribution in [3.63, 3.8) is 0 Å². The number of nitro groups is 1. The lowest BCUT2D eigenvalue weighted by Gasteiger charge is -1.99. The van der Waals surface area contributed by atoms with E-state index in [4.69, 9.17) is 9.52 Å². The summed E-state index contributed by atoms with van der Waals surface area (Å²) in [6.07, 6.45) is 0. The van der Waals surface area contributed by atoms with Crippen molar-refractivity contribution in [1.29, 1.82) is 0 Å². The number of carboxylic acids is 1. The van der Waals surface area contributed by atoms with Gasteiger partial charge in [-0.15, -0.1) is 0 Å². The number of hydrogen-bond acceptors (Lipinski definition) is 5. The minimum absolute atomic E-state index is 0.0503. The lowest BCUT2D eigenvalue weighted by molar-refractivity contribution is -0.384. The summed E-state index contributed by atoms with van der Waals surface area (Å²) in [5, 5.41) is 19.2. The van der Waals surface area contributed by atoms with E-state index >= 15 is 0 Å². The lowest BCUT2D eigenvalue weighted by atomic mass is 10.2. The van der Waals surface area contributed by atoms with Crippen molar-refractivity contribution < 1.29 is 23.5 Å². The molecule has 0 spiro atoms. The zero-order valence-electron chi connectivity index (χ0n) is 10.0. The Morgan fingerprint density at radius 1 is 1.25 bits per heavy atom. The highest BCUT2D eigenvalue weighted by Crippen LogP contribution is 2.18. The van der Waals surface area contributed by atoms with E-state index in [1.54, 1.807) is 0 Å². The van der Waals surface area contributed by atoms with E-state index in [1.807, 2.05) is 0 Å². The topological polar surface area (TPSA) is 111 Å². The number of carbonyl (C=O) groups is 1. The lowest BCUT2D eigenvalue weighted by Crippen LogP contribution is -1.96. The molecule has 2 rings (SSSR count). The molecule has 0 aliphatic heterocycles. The van der Waals surface area contributed by atoms with Crippen LogP contribution in [0.3, 0.4) is 0 Å². The Hall–Kier alpha value is -2.48. The third kappa shape index (κ3) is 3.09. The Labute approximate surface area is 115 Å². The van der Waals surface area contributed by atoms with Gasteiger partial charge in [0.05, 0.1) is 21.5 Å². The second-order valence-corrected chi connectivity index (χ2v) is 5.22. The molecule has 0 bridgehead atoms. The largest absolute Gasteiger partial charge is 0.475 e. The first-order chi connectivity index (χ1) is 9.47. The molecule has 20 heavy (non-hydrogen) atoms. The number of hydrogen-bond donors (Lipinski definition) is 1. The summed E-state index contributed by atoms with van der Waals surface area (Å²) in [5.41, 5.74) is 0.577. The van der Waals surface area contributed by atoms with Crippen LogP contribution < -0.4 is 0 Å². The van der Waals surface area contributed by atoms with Crippen molar-refractivity contribution in [2.45, 2.75) is 10.8 Å². The Balaban J connectivity index is 2.10. The molecule has 1 aromatic carbocycles. The maximum Gasteiger partial charge on any atom is 0.371 e. The smallest absolute Gasteiger partial charge is 0.371 e. The Bertz CT molecular complexity index is 676. The summed E-state index contributed by atoms with van der Waals surface area (Å²) in [7, 11) is -1.55. The molecule has 0 fully saturated rings. The van der Waals surface area contributed by atoms with Crippen molar-refractivity contribution in [3.05, 3.63) is 57.8 Å². The van der Waals surface area contributed by atoms with Crippen molar-refractivity contribution in [1.82, 2.24) is 0 Å². The van der Waals surface area contributed by atoms with Gasteiger partial charge in [0.2, 0.25) is 5.76 Å². The van der Waals surface area contributed by atoms with E-state index in [0.717, 1.165) is 0 Å². The van der Waals surface area contributed by atoms with Crippen LogP contribution in [0.15, 0.2) is 45.9 Å². The zero-order valence-corrected chi connectivity index (χ0v) is 10.8. The van der Waals surface area contributed by atoms with E-state index in [-0.39, 0.29) is 22.3 Å². The SMILES string of the molecule is O=C(O)c1ccc(S(=O)Cc2ccc([N+](=O)[O-])cc2)o1. The molecule has 0 aliphatic carbocycles. The highest BCUT2D eigenvalue weighted by atomic mass is 32.2. The fourth-order valence-corrected chi connectivity index (χ4v) is 2.53. The van der Waals surface area contributed by atoms with Gasteiger partial charge in [-0.25, -0.2) is 4.79 Å². The van der Waals surface area contributed by atoms with Gasteiger partial charge in [0, 0.05) is 12.1 Å². The van der Waals surface area contributed by atoms with Crippen LogP contribution >= 0.6 is 0 Å². The van der Waals surface area contributed by atoms with Crippen molar-refractivity contribution in [3.8, 4) is 0 Å². The quantitative estimate of drug-likeness (QED) is 0.668. The zero-order chi connectivity index (χ0) is 14.7. The number of carboxylic acid groups (broad SMARTS) is 1. The van der Waals surface area contributed by atoms with Gasteiger partial charge in [-0.05, 0) is 17.7 Å². The molecule has 0 saturated carbocycles. The molecule has 0 aliphatic rings. The molecule has 7 nitrogen and oxygen atoms in total. The summed E-state index contributed by atoms with van der Waals surface area (Å²) in [6, 6.07) is 8.19. The second kappa shape index (κ2) is 5.66. The van der Waals surface area contributed by atoms with E-state index in [9.17, 15) is 19.1 Å². The van der Waals surface area contributed by atoms with E-state index in [0.29, 0.717) is 5.56 Å². The molecule has 104 valence electrons. The Kier molecular flexibility index (Phi) is 3.94. The fraction of sp³-hybridized carbons (Fsp3) is 0.0833. The van der Waals surface area contributed by atoms with Crippen LogP contribution in [0, 0.1) is 10.1 Å². The van der Waals surface area contributed by atoms with Crippen molar-refractivity contribution in [2.24, 2.45) is 0 Å².